The molecule has 1 saturated carbocycles. The molecule has 0 saturated heterocycles. The summed E-state index contributed by atoms with van der Waals surface area (Å²) in [6, 6.07) is 0. The lowest BCUT2D eigenvalue weighted by Crippen LogP contribution is -2.16. The van der Waals surface area contributed by atoms with E-state index in [1.54, 1.807) is 6.92 Å². The van der Waals surface area contributed by atoms with E-state index in [2.05, 4.69) is 10.1 Å². The number of esters is 1. The van der Waals surface area contributed by atoms with Gasteiger partial charge >= 0.3 is 5.97 Å². The van der Waals surface area contributed by atoms with E-state index in [9.17, 15) is 9.59 Å². The van der Waals surface area contributed by atoms with Gasteiger partial charge < -0.3 is 15.0 Å². The minimum absolute atomic E-state index is 0.139. The number of amides is 1. The van der Waals surface area contributed by atoms with Gasteiger partial charge in [0, 0.05) is 18.8 Å². The van der Waals surface area contributed by atoms with Crippen LogP contribution in [0.25, 0.3) is 0 Å². The standard InChI is InChI=1S/C19H31N3O4/c1-2-25-18(24)12-11-17-21-19(26-22-17)15(13-16(20)23)10-6-9-14-7-4-3-5-8-14/h14-15H,2-13H2,1H3,(H2,20,23). The maximum atomic E-state index is 11.4. The Morgan fingerprint density at radius 3 is 2.77 bits per heavy atom. The highest BCUT2D eigenvalue weighted by Gasteiger charge is 2.22. The van der Waals surface area contributed by atoms with Crippen molar-refractivity contribution in [2.45, 2.75) is 83.5 Å². The van der Waals surface area contributed by atoms with Crippen LogP contribution in [0.1, 0.15) is 88.8 Å². The Bertz CT molecular complexity index is 567. The highest BCUT2D eigenvalue weighted by Crippen LogP contribution is 2.31. The van der Waals surface area contributed by atoms with Crippen molar-refractivity contribution in [1.29, 1.82) is 0 Å². The molecule has 0 radical (unpaired) electrons. The van der Waals surface area contributed by atoms with Gasteiger partial charge in [0.05, 0.1) is 13.0 Å². The van der Waals surface area contributed by atoms with Gasteiger partial charge in [-0.3, -0.25) is 9.59 Å². The van der Waals surface area contributed by atoms with Crippen molar-refractivity contribution in [3.05, 3.63) is 11.7 Å². The summed E-state index contributed by atoms with van der Waals surface area (Å²) in [4.78, 5) is 27.2. The molecule has 1 atom stereocenters. The van der Waals surface area contributed by atoms with E-state index in [0.29, 0.717) is 24.7 Å². The third kappa shape index (κ3) is 7.14. The van der Waals surface area contributed by atoms with Gasteiger partial charge in [-0.2, -0.15) is 4.98 Å². The Balaban J connectivity index is 1.85. The molecule has 7 heteroatoms. The fraction of sp³-hybridized carbons (Fsp3) is 0.789. The maximum Gasteiger partial charge on any atom is 0.306 e. The van der Waals surface area contributed by atoms with Crippen molar-refractivity contribution < 1.29 is 18.8 Å². The first-order valence-corrected chi connectivity index (χ1v) is 9.84. The Hall–Kier alpha value is -1.92. The molecular formula is C19H31N3O4. The van der Waals surface area contributed by atoms with Gasteiger partial charge in [-0.25, -0.2) is 0 Å². The normalized spacial score (nSPS) is 16.3. The summed E-state index contributed by atoms with van der Waals surface area (Å²) in [5.74, 6) is 0.945. The van der Waals surface area contributed by atoms with E-state index in [-0.39, 0.29) is 30.6 Å². The van der Waals surface area contributed by atoms with Gasteiger partial charge in [0.2, 0.25) is 11.8 Å². The number of aryl methyl sites for hydroxylation is 1. The first kappa shape index (κ1) is 20.4. The van der Waals surface area contributed by atoms with E-state index >= 15 is 0 Å². The van der Waals surface area contributed by atoms with Crippen molar-refractivity contribution in [3.8, 4) is 0 Å². The van der Waals surface area contributed by atoms with E-state index < -0.39 is 0 Å². The molecule has 1 aliphatic rings. The van der Waals surface area contributed by atoms with E-state index in [1.807, 2.05) is 0 Å². The minimum atomic E-state index is -0.362. The number of nitrogens with zero attached hydrogens (tertiary/aromatic N) is 2. The van der Waals surface area contributed by atoms with Crippen LogP contribution in [0.15, 0.2) is 4.52 Å². The average molecular weight is 365 g/mol. The molecule has 1 aromatic heterocycles. The summed E-state index contributed by atoms with van der Waals surface area (Å²) in [5.41, 5.74) is 5.39. The topological polar surface area (TPSA) is 108 Å². The SMILES string of the molecule is CCOC(=O)CCc1noc(C(CCCC2CCCCC2)CC(N)=O)n1. The van der Waals surface area contributed by atoms with Crippen molar-refractivity contribution in [1.82, 2.24) is 10.1 Å². The van der Waals surface area contributed by atoms with Gasteiger partial charge in [-0.05, 0) is 19.3 Å². The van der Waals surface area contributed by atoms with Gasteiger partial charge in [0.25, 0.3) is 0 Å². The zero-order valence-corrected chi connectivity index (χ0v) is 15.7. The van der Waals surface area contributed by atoms with Gasteiger partial charge in [-0.1, -0.05) is 50.1 Å². The summed E-state index contributed by atoms with van der Waals surface area (Å²) < 4.78 is 10.2. The number of hydrogen-bond donors (Lipinski definition) is 1. The van der Waals surface area contributed by atoms with Gasteiger partial charge in [0.15, 0.2) is 5.82 Å². The van der Waals surface area contributed by atoms with Crippen molar-refractivity contribution >= 4 is 11.9 Å². The third-order valence-corrected chi connectivity index (χ3v) is 5.03. The molecule has 0 spiro atoms. The second-order valence-corrected chi connectivity index (χ2v) is 7.16. The summed E-state index contributed by atoms with van der Waals surface area (Å²) in [7, 11) is 0. The molecule has 1 fully saturated rings. The van der Waals surface area contributed by atoms with Crippen molar-refractivity contribution in [2.75, 3.05) is 6.61 Å². The fourth-order valence-electron chi connectivity index (χ4n) is 3.67. The molecule has 1 amide bonds. The summed E-state index contributed by atoms with van der Waals surface area (Å²) in [6.07, 6.45) is 10.5. The average Bonchev–Trinajstić information content (AvgIpc) is 3.09. The Morgan fingerprint density at radius 1 is 1.31 bits per heavy atom. The van der Waals surface area contributed by atoms with Crippen LogP contribution in [0.3, 0.4) is 0 Å². The molecule has 1 aliphatic carbocycles. The zero-order valence-electron chi connectivity index (χ0n) is 15.7. The third-order valence-electron chi connectivity index (χ3n) is 5.03. The number of nitrogens with two attached hydrogens (primary N) is 1. The molecule has 2 rings (SSSR count). The summed E-state index contributed by atoms with van der Waals surface area (Å²) in [6.45, 7) is 2.13. The summed E-state index contributed by atoms with van der Waals surface area (Å²) >= 11 is 0. The molecule has 0 aliphatic heterocycles. The smallest absolute Gasteiger partial charge is 0.306 e. The number of carbonyl (C=O) groups excluding carboxylic acids is 2. The molecule has 0 bridgehead atoms. The van der Waals surface area contributed by atoms with E-state index in [1.165, 1.54) is 38.5 Å². The van der Waals surface area contributed by atoms with Gasteiger partial charge in [-0.15, -0.1) is 0 Å². The minimum Gasteiger partial charge on any atom is -0.466 e. The molecule has 7 nitrogen and oxygen atoms in total. The predicted molar refractivity (Wildman–Crippen MR) is 96.2 cm³/mol. The number of carbonyl (C=O) groups is 2. The molecule has 1 heterocycles. The van der Waals surface area contributed by atoms with Crippen molar-refractivity contribution in [2.24, 2.45) is 11.7 Å². The lowest BCUT2D eigenvalue weighted by atomic mass is 9.84. The Labute approximate surface area is 155 Å². The maximum absolute atomic E-state index is 11.4. The zero-order chi connectivity index (χ0) is 18.8. The van der Waals surface area contributed by atoms with Crippen molar-refractivity contribution in [3.63, 3.8) is 0 Å². The second kappa shape index (κ2) is 10.9. The van der Waals surface area contributed by atoms with Crippen LogP contribution in [0.4, 0.5) is 0 Å². The molecule has 1 unspecified atom stereocenters. The second-order valence-electron chi connectivity index (χ2n) is 7.16. The predicted octanol–water partition coefficient (Wildman–Crippen LogP) is 3.27. The molecular weight excluding hydrogens is 334 g/mol. The highest BCUT2D eigenvalue weighted by molar-refractivity contribution is 5.74. The molecule has 0 aromatic carbocycles. The van der Waals surface area contributed by atoms with Crippen LogP contribution < -0.4 is 5.73 Å². The molecule has 1 aromatic rings. The van der Waals surface area contributed by atoms with Crippen LogP contribution >= 0.6 is 0 Å². The molecule has 26 heavy (non-hydrogen) atoms. The van der Waals surface area contributed by atoms with Gasteiger partial charge in [0.1, 0.15) is 0 Å². The number of rotatable bonds is 11. The Morgan fingerprint density at radius 2 is 2.08 bits per heavy atom. The number of aromatic nitrogens is 2. The monoisotopic (exact) mass is 365 g/mol. The van der Waals surface area contributed by atoms with Crippen LogP contribution in [-0.4, -0.2) is 28.6 Å². The molecule has 146 valence electrons. The first-order valence-electron chi connectivity index (χ1n) is 9.84. The van der Waals surface area contributed by atoms with Crippen LogP contribution in [-0.2, 0) is 20.7 Å². The van der Waals surface area contributed by atoms with Crippen LogP contribution in [0.5, 0.6) is 0 Å². The van der Waals surface area contributed by atoms with E-state index in [4.69, 9.17) is 15.0 Å². The van der Waals surface area contributed by atoms with E-state index in [0.717, 1.165) is 18.8 Å². The van der Waals surface area contributed by atoms with Crippen LogP contribution in [0, 0.1) is 5.92 Å². The number of hydrogen-bond acceptors (Lipinski definition) is 6. The fourth-order valence-corrected chi connectivity index (χ4v) is 3.67. The highest BCUT2D eigenvalue weighted by atomic mass is 16.5. The van der Waals surface area contributed by atoms with Crippen LogP contribution in [0.2, 0.25) is 0 Å². The molecule has 2 N–H and O–H groups in total. The lowest BCUT2D eigenvalue weighted by Gasteiger charge is -2.21. The Kier molecular flexibility index (Phi) is 8.58. The first-order chi connectivity index (χ1) is 12.6. The quantitative estimate of drug-likeness (QED) is 0.603. The largest absolute Gasteiger partial charge is 0.466 e. The lowest BCUT2D eigenvalue weighted by molar-refractivity contribution is -0.143. The number of ether oxygens (including phenoxy) is 1. The number of primary amides is 1. The summed E-state index contributed by atoms with van der Waals surface area (Å²) in [5, 5.41) is 3.93.